The standard InChI is InChI=1S/C19H24N4O2/c1-2-13(9-20-6-1)10-23-7-5-16-15(11-23)12-24-17(16)8-18-21-22-19(25-18)14-3-4-14/h1-2,6,9,14-17H,3-5,7-8,10-12H2/t15-,16-,17-/m1/s1. The van der Waals surface area contributed by atoms with Crippen LogP contribution in [0.4, 0.5) is 0 Å². The van der Waals surface area contributed by atoms with E-state index in [4.69, 9.17) is 9.15 Å². The molecule has 2 saturated heterocycles. The molecule has 6 heteroatoms. The molecule has 0 unspecified atom stereocenters. The highest BCUT2D eigenvalue weighted by molar-refractivity contribution is 5.09. The Morgan fingerprint density at radius 2 is 2.16 bits per heavy atom. The van der Waals surface area contributed by atoms with Crippen LogP contribution in [-0.4, -0.2) is 45.9 Å². The summed E-state index contributed by atoms with van der Waals surface area (Å²) >= 11 is 0. The average molecular weight is 340 g/mol. The predicted molar refractivity (Wildman–Crippen MR) is 90.8 cm³/mol. The van der Waals surface area contributed by atoms with Gasteiger partial charge in [-0.2, -0.15) is 0 Å². The van der Waals surface area contributed by atoms with Gasteiger partial charge in [-0.25, -0.2) is 0 Å². The monoisotopic (exact) mass is 340 g/mol. The van der Waals surface area contributed by atoms with Crippen molar-refractivity contribution in [2.45, 2.75) is 44.2 Å². The van der Waals surface area contributed by atoms with Crippen LogP contribution in [0.25, 0.3) is 0 Å². The van der Waals surface area contributed by atoms with Crippen LogP contribution in [0.5, 0.6) is 0 Å². The minimum atomic E-state index is 0.234. The molecule has 0 spiro atoms. The summed E-state index contributed by atoms with van der Waals surface area (Å²) < 4.78 is 12.0. The lowest BCUT2D eigenvalue weighted by atomic mass is 9.83. The highest BCUT2D eigenvalue weighted by atomic mass is 16.5. The van der Waals surface area contributed by atoms with Gasteiger partial charge >= 0.3 is 0 Å². The van der Waals surface area contributed by atoms with Crippen LogP contribution in [0.3, 0.4) is 0 Å². The van der Waals surface area contributed by atoms with E-state index >= 15 is 0 Å². The summed E-state index contributed by atoms with van der Waals surface area (Å²) in [7, 11) is 0. The molecule has 2 aromatic rings. The van der Waals surface area contributed by atoms with Gasteiger partial charge in [0.25, 0.3) is 0 Å². The first kappa shape index (κ1) is 15.5. The van der Waals surface area contributed by atoms with Gasteiger partial charge in [0.2, 0.25) is 11.8 Å². The van der Waals surface area contributed by atoms with Crippen molar-refractivity contribution in [3.05, 3.63) is 41.9 Å². The SMILES string of the molecule is c1cncc(CN2CC[C@@H]3[C@@H](CO[C@@H]3Cc3nnc(C4CC4)o3)C2)c1. The Labute approximate surface area is 147 Å². The Morgan fingerprint density at radius 3 is 3.00 bits per heavy atom. The Hall–Kier alpha value is -1.79. The first-order chi connectivity index (χ1) is 12.3. The number of hydrogen-bond acceptors (Lipinski definition) is 6. The molecule has 2 aromatic heterocycles. The van der Waals surface area contributed by atoms with Crippen molar-refractivity contribution >= 4 is 0 Å². The molecule has 6 nitrogen and oxygen atoms in total. The van der Waals surface area contributed by atoms with E-state index < -0.39 is 0 Å². The molecule has 2 aliphatic heterocycles. The maximum Gasteiger partial charge on any atom is 0.219 e. The zero-order valence-electron chi connectivity index (χ0n) is 14.4. The minimum absolute atomic E-state index is 0.234. The molecule has 0 amide bonds. The molecule has 1 saturated carbocycles. The highest BCUT2D eigenvalue weighted by Gasteiger charge is 2.41. The third-order valence-electron chi connectivity index (χ3n) is 5.79. The van der Waals surface area contributed by atoms with Crippen molar-refractivity contribution in [2.75, 3.05) is 19.7 Å². The van der Waals surface area contributed by atoms with Crippen LogP contribution in [0.2, 0.25) is 0 Å². The molecule has 3 atom stereocenters. The number of piperidine rings is 1. The predicted octanol–water partition coefficient (Wildman–Crippen LogP) is 2.42. The fraction of sp³-hybridized carbons (Fsp3) is 0.632. The van der Waals surface area contributed by atoms with E-state index in [1.165, 1.54) is 24.8 Å². The highest BCUT2D eigenvalue weighted by Crippen LogP contribution is 2.40. The summed E-state index contributed by atoms with van der Waals surface area (Å²) in [5, 5.41) is 8.43. The van der Waals surface area contributed by atoms with E-state index in [1.807, 2.05) is 18.5 Å². The molecule has 3 aliphatic rings. The van der Waals surface area contributed by atoms with Gasteiger partial charge in [-0.3, -0.25) is 9.88 Å². The fourth-order valence-electron chi connectivity index (χ4n) is 4.28. The first-order valence-electron chi connectivity index (χ1n) is 9.40. The normalized spacial score (nSPS) is 29.7. The second-order valence-electron chi connectivity index (χ2n) is 7.69. The van der Waals surface area contributed by atoms with Crippen molar-refractivity contribution in [2.24, 2.45) is 11.8 Å². The van der Waals surface area contributed by atoms with E-state index in [2.05, 4.69) is 26.1 Å². The lowest BCUT2D eigenvalue weighted by Crippen LogP contribution is -2.41. The largest absolute Gasteiger partial charge is 0.425 e. The van der Waals surface area contributed by atoms with Crippen LogP contribution < -0.4 is 0 Å². The third-order valence-corrected chi connectivity index (χ3v) is 5.79. The number of nitrogens with zero attached hydrogens (tertiary/aromatic N) is 4. The third kappa shape index (κ3) is 3.33. The molecule has 0 aromatic carbocycles. The summed E-state index contributed by atoms with van der Waals surface area (Å²) in [5.74, 6) is 3.33. The van der Waals surface area contributed by atoms with Crippen LogP contribution in [0.15, 0.2) is 28.9 Å². The zero-order chi connectivity index (χ0) is 16.6. The molecular weight excluding hydrogens is 316 g/mol. The lowest BCUT2D eigenvalue weighted by molar-refractivity contribution is 0.0793. The number of hydrogen-bond donors (Lipinski definition) is 0. The van der Waals surface area contributed by atoms with Gasteiger partial charge in [0.15, 0.2) is 0 Å². The van der Waals surface area contributed by atoms with Crippen molar-refractivity contribution in [3.63, 3.8) is 0 Å². The second kappa shape index (κ2) is 6.50. The number of aromatic nitrogens is 3. The van der Waals surface area contributed by atoms with E-state index in [0.717, 1.165) is 44.4 Å². The average Bonchev–Trinajstić information content (AvgIpc) is 3.27. The van der Waals surface area contributed by atoms with E-state index in [9.17, 15) is 0 Å². The topological polar surface area (TPSA) is 64.3 Å². The number of likely N-dealkylation sites (tertiary alicyclic amines) is 1. The van der Waals surface area contributed by atoms with E-state index in [0.29, 0.717) is 17.8 Å². The Bertz CT molecular complexity index is 715. The number of pyridine rings is 1. The lowest BCUT2D eigenvalue weighted by Gasteiger charge is -2.35. The van der Waals surface area contributed by atoms with E-state index in [1.54, 1.807) is 0 Å². The van der Waals surface area contributed by atoms with Crippen LogP contribution >= 0.6 is 0 Å². The van der Waals surface area contributed by atoms with Crippen molar-refractivity contribution in [1.29, 1.82) is 0 Å². The maximum absolute atomic E-state index is 6.12. The van der Waals surface area contributed by atoms with Crippen molar-refractivity contribution < 1.29 is 9.15 Å². The molecule has 3 fully saturated rings. The van der Waals surface area contributed by atoms with Gasteiger partial charge in [0, 0.05) is 37.3 Å². The molecule has 0 bridgehead atoms. The van der Waals surface area contributed by atoms with Crippen molar-refractivity contribution in [3.8, 4) is 0 Å². The van der Waals surface area contributed by atoms with Gasteiger partial charge in [-0.05, 0) is 43.4 Å². The number of rotatable bonds is 5. The molecule has 25 heavy (non-hydrogen) atoms. The summed E-state index contributed by atoms with van der Waals surface area (Å²) in [6.45, 7) is 4.05. The van der Waals surface area contributed by atoms with Crippen molar-refractivity contribution in [1.82, 2.24) is 20.1 Å². The van der Waals surface area contributed by atoms with Gasteiger partial charge in [0.05, 0.1) is 19.1 Å². The Balaban J connectivity index is 1.18. The van der Waals surface area contributed by atoms with E-state index in [-0.39, 0.29) is 6.10 Å². The molecule has 5 rings (SSSR count). The fourth-order valence-corrected chi connectivity index (χ4v) is 4.28. The molecule has 4 heterocycles. The summed E-state index contributed by atoms with van der Waals surface area (Å²) in [6.07, 6.45) is 8.36. The molecule has 132 valence electrons. The minimum Gasteiger partial charge on any atom is -0.425 e. The molecule has 0 radical (unpaired) electrons. The van der Waals surface area contributed by atoms with Gasteiger partial charge in [0.1, 0.15) is 0 Å². The van der Waals surface area contributed by atoms with Gasteiger partial charge < -0.3 is 9.15 Å². The Morgan fingerprint density at radius 1 is 1.20 bits per heavy atom. The Kier molecular flexibility index (Phi) is 4.02. The second-order valence-corrected chi connectivity index (χ2v) is 7.69. The number of fused-ring (bicyclic) bond motifs is 1. The number of ether oxygens (including phenoxy) is 1. The van der Waals surface area contributed by atoms with Gasteiger partial charge in [-0.1, -0.05) is 6.07 Å². The van der Waals surface area contributed by atoms with Gasteiger partial charge in [-0.15, -0.1) is 10.2 Å². The smallest absolute Gasteiger partial charge is 0.219 e. The summed E-state index contributed by atoms with van der Waals surface area (Å²) in [6, 6.07) is 4.16. The van der Waals surface area contributed by atoms with Crippen LogP contribution in [-0.2, 0) is 17.7 Å². The molecule has 1 aliphatic carbocycles. The summed E-state index contributed by atoms with van der Waals surface area (Å²) in [4.78, 5) is 6.75. The molecular formula is C19H24N4O2. The summed E-state index contributed by atoms with van der Waals surface area (Å²) in [5.41, 5.74) is 1.29. The van der Waals surface area contributed by atoms with Crippen LogP contribution in [0, 0.1) is 11.8 Å². The maximum atomic E-state index is 6.12. The quantitative estimate of drug-likeness (QED) is 0.833. The van der Waals surface area contributed by atoms with Crippen LogP contribution in [0.1, 0.15) is 42.5 Å². The zero-order valence-corrected chi connectivity index (χ0v) is 14.4. The molecule has 0 N–H and O–H groups in total. The first-order valence-corrected chi connectivity index (χ1v) is 9.40.